The molecule has 30 heavy (non-hydrogen) atoms. The number of halogens is 1. The van der Waals surface area contributed by atoms with Crippen LogP contribution in [0.15, 0.2) is 88.2 Å². The van der Waals surface area contributed by atoms with Gasteiger partial charge in [0.2, 0.25) is 0 Å². The summed E-state index contributed by atoms with van der Waals surface area (Å²) in [6.45, 7) is 1.83. The average Bonchev–Trinajstić information content (AvgIpc) is 3.25. The van der Waals surface area contributed by atoms with Gasteiger partial charge in [-0.3, -0.25) is 9.36 Å². The molecule has 0 bridgehead atoms. The first-order valence-corrected chi connectivity index (χ1v) is 9.80. The third kappa shape index (κ3) is 3.19. The molecule has 0 fully saturated rings. The van der Waals surface area contributed by atoms with Gasteiger partial charge in [0.15, 0.2) is 5.76 Å². The Morgan fingerprint density at radius 1 is 0.900 bits per heavy atom. The minimum absolute atomic E-state index is 0.0875. The highest BCUT2D eigenvalue weighted by molar-refractivity contribution is 6.30. The summed E-state index contributed by atoms with van der Waals surface area (Å²) in [5.41, 5.74) is 3.81. The number of hydrogen-bond donors (Lipinski definition) is 0. The van der Waals surface area contributed by atoms with E-state index in [1.165, 1.54) is 0 Å². The zero-order valence-electron chi connectivity index (χ0n) is 16.0. The summed E-state index contributed by atoms with van der Waals surface area (Å²) in [7, 11) is 0. The van der Waals surface area contributed by atoms with Crippen LogP contribution in [0.4, 0.5) is 0 Å². The van der Waals surface area contributed by atoms with Gasteiger partial charge in [0, 0.05) is 22.2 Å². The van der Waals surface area contributed by atoms with E-state index in [4.69, 9.17) is 16.1 Å². The van der Waals surface area contributed by atoms with Crippen molar-refractivity contribution in [2.24, 2.45) is 0 Å². The second-order valence-electron chi connectivity index (χ2n) is 6.95. The molecule has 5 aromatic rings. The van der Waals surface area contributed by atoms with Crippen LogP contribution in [0.2, 0.25) is 5.02 Å². The lowest BCUT2D eigenvalue weighted by Crippen LogP contribution is -2.22. The molecule has 0 amide bonds. The van der Waals surface area contributed by atoms with Crippen molar-refractivity contribution in [3.05, 3.63) is 100 Å². The lowest BCUT2D eigenvalue weighted by atomic mass is 10.1. The van der Waals surface area contributed by atoms with E-state index < -0.39 is 0 Å². The van der Waals surface area contributed by atoms with E-state index in [1.54, 1.807) is 10.6 Å². The van der Waals surface area contributed by atoms with Crippen molar-refractivity contribution in [2.75, 3.05) is 0 Å². The van der Waals surface area contributed by atoms with Gasteiger partial charge in [-0.15, -0.1) is 0 Å². The fraction of sp³-hybridized carbons (Fsp3) is 0.0417. The SMILES string of the molecule is Cc1nc2ccccc2c(=O)n1-c1ccc(-c2cc(-c3cccc(Cl)c3)on2)cc1. The molecule has 0 aliphatic carbocycles. The van der Waals surface area contributed by atoms with Crippen molar-refractivity contribution in [3.8, 4) is 28.3 Å². The van der Waals surface area contributed by atoms with Gasteiger partial charge in [0.05, 0.1) is 16.6 Å². The first-order valence-electron chi connectivity index (χ1n) is 9.42. The van der Waals surface area contributed by atoms with Gasteiger partial charge >= 0.3 is 0 Å². The maximum absolute atomic E-state index is 13.0. The molecular formula is C24H16ClN3O2. The predicted molar refractivity (Wildman–Crippen MR) is 118 cm³/mol. The zero-order chi connectivity index (χ0) is 20.7. The van der Waals surface area contributed by atoms with Gasteiger partial charge in [-0.25, -0.2) is 4.98 Å². The monoisotopic (exact) mass is 413 g/mol. The molecule has 0 saturated heterocycles. The lowest BCUT2D eigenvalue weighted by Gasteiger charge is -2.11. The Bertz CT molecular complexity index is 1440. The molecule has 5 nitrogen and oxygen atoms in total. The first kappa shape index (κ1) is 18.3. The number of hydrogen-bond acceptors (Lipinski definition) is 4. The van der Waals surface area contributed by atoms with Crippen LogP contribution in [-0.4, -0.2) is 14.7 Å². The normalized spacial score (nSPS) is 11.1. The Kier molecular flexibility index (Phi) is 4.45. The van der Waals surface area contributed by atoms with Crippen molar-refractivity contribution in [2.45, 2.75) is 6.92 Å². The van der Waals surface area contributed by atoms with E-state index in [-0.39, 0.29) is 5.56 Å². The molecule has 0 aliphatic heterocycles. The second kappa shape index (κ2) is 7.28. The van der Waals surface area contributed by atoms with Gasteiger partial charge in [0.1, 0.15) is 11.5 Å². The molecule has 0 radical (unpaired) electrons. The van der Waals surface area contributed by atoms with Gasteiger partial charge in [-0.2, -0.15) is 0 Å². The first-order chi connectivity index (χ1) is 14.6. The highest BCUT2D eigenvalue weighted by Crippen LogP contribution is 2.28. The molecule has 6 heteroatoms. The standard InChI is InChI=1S/C24H16ClN3O2/c1-15-26-21-8-3-2-7-20(21)24(29)28(15)19-11-9-16(10-12-19)22-14-23(30-27-22)17-5-4-6-18(25)13-17/h2-14H,1H3. The van der Waals surface area contributed by atoms with E-state index in [0.29, 0.717) is 33.2 Å². The number of benzene rings is 3. The highest BCUT2D eigenvalue weighted by Gasteiger charge is 2.12. The Morgan fingerprint density at radius 3 is 2.50 bits per heavy atom. The molecule has 2 aromatic heterocycles. The minimum atomic E-state index is -0.0875. The number of aryl methyl sites for hydroxylation is 1. The molecule has 0 aliphatic rings. The van der Waals surface area contributed by atoms with Crippen LogP contribution in [0.3, 0.4) is 0 Å². The van der Waals surface area contributed by atoms with Crippen molar-refractivity contribution in [1.82, 2.24) is 14.7 Å². The Hall–Kier alpha value is -3.70. The van der Waals surface area contributed by atoms with Crippen LogP contribution < -0.4 is 5.56 Å². The smallest absolute Gasteiger partial charge is 0.265 e. The molecule has 0 unspecified atom stereocenters. The summed E-state index contributed by atoms with van der Waals surface area (Å²) in [4.78, 5) is 17.5. The maximum Gasteiger partial charge on any atom is 0.265 e. The molecule has 146 valence electrons. The number of fused-ring (bicyclic) bond motifs is 1. The van der Waals surface area contributed by atoms with Crippen LogP contribution in [0, 0.1) is 6.92 Å². The summed E-state index contributed by atoms with van der Waals surface area (Å²) in [6, 6.07) is 24.3. The van der Waals surface area contributed by atoms with Crippen LogP contribution in [-0.2, 0) is 0 Å². The summed E-state index contributed by atoms with van der Waals surface area (Å²) in [5, 5.41) is 5.40. The molecule has 0 spiro atoms. The molecule has 0 atom stereocenters. The van der Waals surface area contributed by atoms with E-state index in [1.807, 2.05) is 79.7 Å². The summed E-state index contributed by atoms with van der Waals surface area (Å²) in [5.74, 6) is 1.28. The molecular weight excluding hydrogens is 398 g/mol. The van der Waals surface area contributed by atoms with Crippen LogP contribution in [0.5, 0.6) is 0 Å². The molecule has 2 heterocycles. The molecule has 5 rings (SSSR count). The van der Waals surface area contributed by atoms with Crippen LogP contribution >= 0.6 is 11.6 Å². The third-order valence-corrected chi connectivity index (χ3v) is 5.22. The van der Waals surface area contributed by atoms with E-state index in [2.05, 4.69) is 10.1 Å². The minimum Gasteiger partial charge on any atom is -0.356 e. The lowest BCUT2D eigenvalue weighted by molar-refractivity contribution is 0.435. The van der Waals surface area contributed by atoms with E-state index in [9.17, 15) is 4.79 Å². The predicted octanol–water partition coefficient (Wildman–Crippen LogP) is 5.67. The molecule has 3 aromatic carbocycles. The number of para-hydroxylation sites is 1. The van der Waals surface area contributed by atoms with Crippen molar-refractivity contribution in [3.63, 3.8) is 0 Å². The van der Waals surface area contributed by atoms with Crippen molar-refractivity contribution < 1.29 is 4.52 Å². The topological polar surface area (TPSA) is 60.9 Å². The molecule has 0 N–H and O–H groups in total. The summed E-state index contributed by atoms with van der Waals surface area (Å²) < 4.78 is 7.10. The second-order valence-corrected chi connectivity index (χ2v) is 7.39. The largest absolute Gasteiger partial charge is 0.356 e. The van der Waals surface area contributed by atoms with Crippen LogP contribution in [0.1, 0.15) is 5.82 Å². The summed E-state index contributed by atoms with van der Waals surface area (Å²) in [6.07, 6.45) is 0. The zero-order valence-corrected chi connectivity index (χ0v) is 16.8. The van der Waals surface area contributed by atoms with Crippen molar-refractivity contribution in [1.29, 1.82) is 0 Å². The van der Waals surface area contributed by atoms with Gasteiger partial charge in [-0.05, 0) is 43.3 Å². The Morgan fingerprint density at radius 2 is 1.70 bits per heavy atom. The average molecular weight is 414 g/mol. The molecule has 0 saturated carbocycles. The Balaban J connectivity index is 1.52. The van der Waals surface area contributed by atoms with Gasteiger partial charge in [-0.1, -0.05) is 53.2 Å². The number of rotatable bonds is 3. The fourth-order valence-electron chi connectivity index (χ4n) is 3.52. The Labute approximate surface area is 177 Å². The van der Waals surface area contributed by atoms with Crippen LogP contribution in [0.25, 0.3) is 39.2 Å². The summed E-state index contributed by atoms with van der Waals surface area (Å²) >= 11 is 6.06. The number of nitrogens with zero attached hydrogens (tertiary/aromatic N) is 3. The number of aromatic nitrogens is 3. The van der Waals surface area contributed by atoms with Crippen molar-refractivity contribution >= 4 is 22.5 Å². The van der Waals surface area contributed by atoms with E-state index >= 15 is 0 Å². The fourth-order valence-corrected chi connectivity index (χ4v) is 3.71. The van der Waals surface area contributed by atoms with E-state index in [0.717, 1.165) is 16.8 Å². The highest BCUT2D eigenvalue weighted by atomic mass is 35.5. The van der Waals surface area contributed by atoms with Gasteiger partial charge in [0.25, 0.3) is 5.56 Å². The van der Waals surface area contributed by atoms with Gasteiger partial charge < -0.3 is 4.52 Å². The maximum atomic E-state index is 13.0. The third-order valence-electron chi connectivity index (χ3n) is 4.98. The quantitative estimate of drug-likeness (QED) is 0.382.